The molecule has 0 bridgehead atoms. The molecule has 0 aliphatic heterocycles. The molecule has 0 spiro atoms. The lowest BCUT2D eigenvalue weighted by Crippen LogP contribution is -2.34. The van der Waals surface area contributed by atoms with Crippen molar-refractivity contribution < 1.29 is 8.42 Å². The predicted octanol–water partition coefficient (Wildman–Crippen LogP) is 1.54. The van der Waals surface area contributed by atoms with E-state index in [0.717, 1.165) is 13.1 Å². The first kappa shape index (κ1) is 16.2. The quantitative estimate of drug-likeness (QED) is 0.749. The summed E-state index contributed by atoms with van der Waals surface area (Å²) >= 11 is 5.90. The van der Waals surface area contributed by atoms with Gasteiger partial charge in [-0.1, -0.05) is 25.4 Å². The maximum Gasteiger partial charge on any atom is 0.242 e. The van der Waals surface area contributed by atoms with Crippen LogP contribution in [0.3, 0.4) is 0 Å². The molecule has 19 heavy (non-hydrogen) atoms. The fourth-order valence-corrected chi connectivity index (χ4v) is 3.26. The lowest BCUT2D eigenvalue weighted by molar-refractivity contribution is 0.309. The third kappa shape index (κ3) is 4.65. The number of anilines is 1. The normalized spacial score (nSPS) is 12.0. The molecule has 1 rings (SSSR count). The molecule has 0 amide bonds. The van der Waals surface area contributed by atoms with Gasteiger partial charge in [0.15, 0.2) is 0 Å². The lowest BCUT2D eigenvalue weighted by Gasteiger charge is -2.18. The van der Waals surface area contributed by atoms with Gasteiger partial charge in [-0.25, -0.2) is 13.1 Å². The number of hydrogen-bond acceptors (Lipinski definition) is 4. The van der Waals surface area contributed by atoms with Crippen LogP contribution in [0.4, 0.5) is 5.69 Å². The number of nitrogens with two attached hydrogens (primary N) is 1. The molecule has 0 radical (unpaired) electrons. The second kappa shape index (κ2) is 7.09. The van der Waals surface area contributed by atoms with E-state index in [2.05, 4.69) is 9.62 Å². The van der Waals surface area contributed by atoms with Crippen molar-refractivity contribution >= 4 is 27.3 Å². The van der Waals surface area contributed by atoms with Crippen LogP contribution in [0.15, 0.2) is 23.1 Å². The number of likely N-dealkylation sites (N-methyl/N-ethyl adjacent to an activating group) is 1. The Morgan fingerprint density at radius 3 is 2.47 bits per heavy atom. The Bertz CT molecular complexity index is 516. The van der Waals surface area contributed by atoms with Gasteiger partial charge in [0.2, 0.25) is 10.0 Å². The predicted molar refractivity (Wildman–Crippen MR) is 78.8 cm³/mol. The van der Waals surface area contributed by atoms with Gasteiger partial charge in [-0.2, -0.15) is 0 Å². The summed E-state index contributed by atoms with van der Waals surface area (Å²) in [5, 5.41) is 0.135. The average molecular weight is 306 g/mol. The van der Waals surface area contributed by atoms with Crippen molar-refractivity contribution in [1.29, 1.82) is 0 Å². The first-order chi connectivity index (χ1) is 8.90. The van der Waals surface area contributed by atoms with Gasteiger partial charge in [0.05, 0.1) is 5.02 Å². The Labute approximate surface area is 119 Å². The Kier molecular flexibility index (Phi) is 6.06. The van der Waals surface area contributed by atoms with Gasteiger partial charge >= 0.3 is 0 Å². The highest BCUT2D eigenvalue weighted by molar-refractivity contribution is 7.89. The smallest absolute Gasteiger partial charge is 0.242 e. The Balaban J connectivity index is 2.71. The van der Waals surface area contributed by atoms with Gasteiger partial charge in [0.25, 0.3) is 0 Å². The number of nitrogens with zero attached hydrogens (tertiary/aromatic N) is 1. The summed E-state index contributed by atoms with van der Waals surface area (Å²) in [6.45, 7) is 6.87. The molecule has 0 aliphatic rings. The largest absolute Gasteiger partial charge is 0.399 e. The van der Waals surface area contributed by atoms with Crippen LogP contribution in [0, 0.1) is 0 Å². The fraction of sp³-hybridized carbons (Fsp3) is 0.500. The molecule has 0 unspecified atom stereocenters. The first-order valence-corrected chi connectivity index (χ1v) is 8.03. The standard InChI is InChI=1S/C12H20ClN3O2S/c1-3-16(4-2)8-7-15-19(17,18)12-6-5-10(14)9-11(12)13/h5-6,9,15H,3-4,7-8,14H2,1-2H3. The molecule has 108 valence electrons. The van der Waals surface area contributed by atoms with Crippen molar-refractivity contribution in [3.05, 3.63) is 23.2 Å². The summed E-state index contributed by atoms with van der Waals surface area (Å²) in [7, 11) is -3.58. The highest BCUT2D eigenvalue weighted by atomic mass is 35.5. The van der Waals surface area contributed by atoms with E-state index in [1.165, 1.54) is 18.2 Å². The number of sulfonamides is 1. The van der Waals surface area contributed by atoms with E-state index in [1.54, 1.807) is 0 Å². The van der Waals surface area contributed by atoms with Crippen molar-refractivity contribution in [3.63, 3.8) is 0 Å². The number of benzene rings is 1. The fourth-order valence-electron chi connectivity index (χ4n) is 1.69. The third-order valence-corrected chi connectivity index (χ3v) is 4.80. The molecule has 0 atom stereocenters. The number of rotatable bonds is 7. The van der Waals surface area contributed by atoms with Crippen molar-refractivity contribution in [2.45, 2.75) is 18.7 Å². The maximum atomic E-state index is 12.1. The van der Waals surface area contributed by atoms with Crippen molar-refractivity contribution in [3.8, 4) is 0 Å². The monoisotopic (exact) mass is 305 g/mol. The molecule has 0 aromatic heterocycles. The second-order valence-electron chi connectivity index (χ2n) is 4.11. The highest BCUT2D eigenvalue weighted by Crippen LogP contribution is 2.23. The first-order valence-electron chi connectivity index (χ1n) is 6.17. The molecule has 1 aromatic carbocycles. The number of halogens is 1. The highest BCUT2D eigenvalue weighted by Gasteiger charge is 2.17. The van der Waals surface area contributed by atoms with E-state index >= 15 is 0 Å². The topological polar surface area (TPSA) is 75.4 Å². The summed E-state index contributed by atoms with van der Waals surface area (Å²) in [5.74, 6) is 0. The minimum atomic E-state index is -3.58. The molecule has 5 nitrogen and oxygen atoms in total. The van der Waals surface area contributed by atoms with Crippen molar-refractivity contribution in [1.82, 2.24) is 9.62 Å². The van der Waals surface area contributed by atoms with E-state index in [9.17, 15) is 8.42 Å². The van der Waals surface area contributed by atoms with Crippen LogP contribution < -0.4 is 10.5 Å². The summed E-state index contributed by atoms with van der Waals surface area (Å²) in [6.07, 6.45) is 0. The van der Waals surface area contributed by atoms with Crippen LogP contribution in [0.2, 0.25) is 5.02 Å². The van der Waals surface area contributed by atoms with Gasteiger partial charge in [-0.3, -0.25) is 0 Å². The molecule has 0 saturated carbocycles. The number of nitrogen functional groups attached to an aromatic ring is 1. The second-order valence-corrected chi connectivity index (χ2v) is 6.26. The Hall–Kier alpha value is -0.820. The van der Waals surface area contributed by atoms with Gasteiger partial charge in [-0.05, 0) is 31.3 Å². The molecular formula is C12H20ClN3O2S. The zero-order valence-corrected chi connectivity index (χ0v) is 12.8. The summed E-state index contributed by atoms with van der Waals surface area (Å²) in [4.78, 5) is 2.19. The van der Waals surface area contributed by atoms with Crippen molar-refractivity contribution in [2.24, 2.45) is 0 Å². The third-order valence-electron chi connectivity index (χ3n) is 2.86. The van der Waals surface area contributed by atoms with E-state index in [4.69, 9.17) is 17.3 Å². The van der Waals surface area contributed by atoms with Gasteiger partial charge < -0.3 is 10.6 Å². The minimum Gasteiger partial charge on any atom is -0.399 e. The van der Waals surface area contributed by atoms with Crippen LogP contribution >= 0.6 is 11.6 Å². The van der Waals surface area contributed by atoms with Crippen LogP contribution in [-0.4, -0.2) is 39.5 Å². The summed E-state index contributed by atoms with van der Waals surface area (Å²) in [6, 6.07) is 4.36. The zero-order chi connectivity index (χ0) is 14.5. The van der Waals surface area contributed by atoms with E-state index in [-0.39, 0.29) is 9.92 Å². The Morgan fingerprint density at radius 2 is 1.95 bits per heavy atom. The maximum absolute atomic E-state index is 12.1. The van der Waals surface area contributed by atoms with Crippen LogP contribution in [-0.2, 0) is 10.0 Å². The van der Waals surface area contributed by atoms with E-state index < -0.39 is 10.0 Å². The molecule has 1 aromatic rings. The molecule has 0 heterocycles. The minimum absolute atomic E-state index is 0.0583. The SMILES string of the molecule is CCN(CC)CCNS(=O)(=O)c1ccc(N)cc1Cl. The van der Waals surface area contributed by atoms with E-state index in [0.29, 0.717) is 18.8 Å². The van der Waals surface area contributed by atoms with Gasteiger partial charge in [-0.15, -0.1) is 0 Å². The van der Waals surface area contributed by atoms with Crippen LogP contribution in [0.25, 0.3) is 0 Å². The molecule has 7 heteroatoms. The molecule has 0 fully saturated rings. The van der Waals surface area contributed by atoms with E-state index in [1.807, 2.05) is 13.8 Å². The molecule has 3 N–H and O–H groups in total. The number of nitrogens with one attached hydrogen (secondary N) is 1. The van der Waals surface area contributed by atoms with Crippen molar-refractivity contribution in [2.75, 3.05) is 31.9 Å². The number of hydrogen-bond donors (Lipinski definition) is 2. The zero-order valence-electron chi connectivity index (χ0n) is 11.2. The van der Waals surface area contributed by atoms with Gasteiger partial charge in [0, 0.05) is 18.8 Å². The molecule has 0 saturated heterocycles. The lowest BCUT2D eigenvalue weighted by atomic mass is 10.3. The summed E-state index contributed by atoms with van der Waals surface area (Å²) < 4.78 is 26.7. The van der Waals surface area contributed by atoms with Crippen LogP contribution in [0.5, 0.6) is 0 Å². The summed E-state index contributed by atoms with van der Waals surface area (Å²) in [5.41, 5.74) is 5.98. The molecular weight excluding hydrogens is 286 g/mol. The van der Waals surface area contributed by atoms with Gasteiger partial charge in [0.1, 0.15) is 4.90 Å². The average Bonchev–Trinajstić information content (AvgIpc) is 2.34. The Morgan fingerprint density at radius 1 is 1.32 bits per heavy atom. The molecule has 0 aliphatic carbocycles. The van der Waals surface area contributed by atoms with Crippen LogP contribution in [0.1, 0.15) is 13.8 Å².